The smallest absolute Gasteiger partial charge is 0.121 e. The predicted octanol–water partition coefficient (Wildman–Crippen LogP) is 13.4. The normalized spacial score (nSPS) is 17.9. The summed E-state index contributed by atoms with van der Waals surface area (Å²) < 4.78 is 53.6. The predicted molar refractivity (Wildman–Crippen MR) is 216 cm³/mol. The number of nitrogens with zero attached hydrogens (tertiary/aromatic N) is 2. The molecule has 2 aliphatic rings. The van der Waals surface area contributed by atoms with Crippen molar-refractivity contribution in [3.05, 3.63) is 144 Å². The number of benzene rings is 5. The average Bonchev–Trinajstić information content (AvgIpc) is 3.57. The van der Waals surface area contributed by atoms with E-state index in [2.05, 4.69) is 98.3 Å². The number of aromatic nitrogens is 2. The summed E-state index contributed by atoms with van der Waals surface area (Å²) in [7, 11) is 0. The van der Waals surface area contributed by atoms with Crippen molar-refractivity contribution in [2.24, 2.45) is 0 Å². The van der Waals surface area contributed by atoms with Gasteiger partial charge in [-0.1, -0.05) is 112 Å². The third-order valence-corrected chi connectivity index (χ3v) is 12.2. The van der Waals surface area contributed by atoms with Crippen LogP contribution in [0.25, 0.3) is 66.0 Å². The van der Waals surface area contributed by atoms with Crippen molar-refractivity contribution in [3.63, 3.8) is 0 Å². The molecule has 1 radical (unpaired) electrons. The Morgan fingerprint density at radius 3 is 2.41 bits per heavy atom. The number of hydrogen-bond acceptors (Lipinski definition) is 3. The van der Waals surface area contributed by atoms with Crippen LogP contribution in [0.5, 0.6) is 0 Å². The SMILES string of the molecule is CC1(C)c2cc(F)c[c-]c2-c2ncccc2C1(C)C.[2H]C([2H])([2H])c1cnc(-c2[c-]ccc3c2oc2cc4c(ccc5ccccc54)cc23)cc1C1([2H])CCCCC1.[Ir]. The number of aryl methyl sites for hydroxylation is 1. The van der Waals surface area contributed by atoms with Crippen molar-refractivity contribution in [1.29, 1.82) is 0 Å². The molecule has 3 nitrogen and oxygen atoms in total. The van der Waals surface area contributed by atoms with Crippen LogP contribution in [0.2, 0.25) is 0 Å². The van der Waals surface area contributed by atoms with Crippen LogP contribution in [0, 0.1) is 24.8 Å². The van der Waals surface area contributed by atoms with E-state index in [4.69, 9.17) is 8.53 Å². The van der Waals surface area contributed by atoms with Crippen LogP contribution in [0.15, 0.2) is 108 Å². The zero-order chi connectivity index (χ0) is 39.9. The Morgan fingerprint density at radius 1 is 0.778 bits per heavy atom. The summed E-state index contributed by atoms with van der Waals surface area (Å²) in [4.78, 5) is 9.08. The van der Waals surface area contributed by atoms with Crippen molar-refractivity contribution < 1.29 is 34.4 Å². The molecule has 0 aliphatic heterocycles. The molecule has 0 N–H and O–H groups in total. The Bertz CT molecular complexity index is 2870. The van der Waals surface area contributed by atoms with Gasteiger partial charge in [0.05, 0.1) is 5.58 Å². The Balaban J connectivity index is 0.000000198. The first-order valence-electron chi connectivity index (χ1n) is 20.5. The maximum atomic E-state index is 13.6. The van der Waals surface area contributed by atoms with Gasteiger partial charge in [0.1, 0.15) is 5.58 Å². The molecule has 2 aliphatic carbocycles. The molecule has 3 aromatic heterocycles. The summed E-state index contributed by atoms with van der Waals surface area (Å²) >= 11 is 0. The fourth-order valence-electron chi connectivity index (χ4n) is 8.51. The van der Waals surface area contributed by atoms with Gasteiger partial charge in [0, 0.05) is 49.2 Å². The van der Waals surface area contributed by atoms with E-state index in [9.17, 15) is 5.76 Å². The van der Waals surface area contributed by atoms with Gasteiger partial charge in [-0.15, -0.1) is 47.5 Å². The zero-order valence-corrected chi connectivity index (χ0v) is 33.3. The molecule has 273 valence electrons. The van der Waals surface area contributed by atoms with Gasteiger partial charge in [-0.3, -0.25) is 4.39 Å². The molecule has 0 atom stereocenters. The summed E-state index contributed by atoms with van der Waals surface area (Å²) in [5.74, 6) is -1.16. The second-order valence-electron chi connectivity index (χ2n) is 15.6. The molecule has 0 saturated heterocycles. The summed E-state index contributed by atoms with van der Waals surface area (Å²) in [5.41, 5.74) is 7.24. The number of fused-ring (bicyclic) bond motifs is 9. The van der Waals surface area contributed by atoms with Crippen molar-refractivity contribution >= 4 is 43.5 Å². The molecule has 1 saturated carbocycles. The van der Waals surface area contributed by atoms with Gasteiger partial charge >= 0.3 is 0 Å². The van der Waals surface area contributed by atoms with E-state index in [1.54, 1.807) is 12.3 Å². The third-order valence-electron chi connectivity index (χ3n) is 12.2. The van der Waals surface area contributed by atoms with Crippen molar-refractivity contribution in [1.82, 2.24) is 9.97 Å². The molecule has 8 aromatic rings. The monoisotopic (exact) mass is 891 g/mol. The maximum Gasteiger partial charge on any atom is 0.121 e. The minimum absolute atomic E-state index is 0. The quantitative estimate of drug-likeness (QED) is 0.128. The molecular weight excluding hydrogens is 844 g/mol. The van der Waals surface area contributed by atoms with E-state index in [-0.39, 0.29) is 42.3 Å². The molecule has 5 heteroatoms. The van der Waals surface area contributed by atoms with Gasteiger partial charge in [0.2, 0.25) is 0 Å². The molecule has 0 amide bonds. The number of pyridine rings is 2. The number of furan rings is 1. The van der Waals surface area contributed by atoms with Crippen LogP contribution in [-0.4, -0.2) is 9.97 Å². The first-order chi connectivity index (χ1) is 27.2. The largest absolute Gasteiger partial charge is 0.501 e. The molecule has 1 fully saturated rings. The van der Waals surface area contributed by atoms with Gasteiger partial charge in [0.25, 0.3) is 0 Å². The van der Waals surface area contributed by atoms with Crippen molar-refractivity contribution in [3.8, 4) is 22.5 Å². The van der Waals surface area contributed by atoms with E-state index in [0.29, 0.717) is 35.2 Å². The Kier molecular flexibility index (Phi) is 8.12. The zero-order valence-electron chi connectivity index (χ0n) is 34.9. The Hall–Kier alpha value is -4.70. The minimum Gasteiger partial charge on any atom is -0.501 e. The number of halogens is 1. The van der Waals surface area contributed by atoms with Gasteiger partial charge in [-0.25, -0.2) is 0 Å². The van der Waals surface area contributed by atoms with Crippen LogP contribution >= 0.6 is 0 Å². The first kappa shape index (κ1) is 31.6. The van der Waals surface area contributed by atoms with Crippen LogP contribution in [0.1, 0.15) is 93.4 Å². The van der Waals surface area contributed by atoms with Gasteiger partial charge in [-0.2, -0.15) is 0 Å². The van der Waals surface area contributed by atoms with Crippen LogP contribution in [0.4, 0.5) is 4.39 Å². The van der Waals surface area contributed by atoms with Gasteiger partial charge in [0.15, 0.2) is 0 Å². The standard InChI is InChI=1S/C32H26NO.C17H17FN.Ir/c1-20-19-33-30(17-27(20)21-8-3-2-4-9-21)26-13-7-12-25-29-16-23-15-14-22-10-5-6-11-24(22)28(23)18-31(29)34-32(25)26;1-16(2)13-6-5-9-19-15(13)12-8-7-11(18)10-14(12)17(16,3)4;/h5-7,10-12,14-19,21H,2-4,8-9H2,1H3;5-7,9-10H,1-4H3;/q2*-1;/i1D3,21D;;. The Morgan fingerprint density at radius 2 is 1.57 bits per heavy atom. The van der Waals surface area contributed by atoms with E-state index in [1.165, 1.54) is 28.6 Å². The maximum absolute atomic E-state index is 13.6. The fourth-order valence-corrected chi connectivity index (χ4v) is 8.51. The number of hydrogen-bond donors (Lipinski definition) is 0. The summed E-state index contributed by atoms with van der Waals surface area (Å²) in [6, 6.07) is 36.1. The molecule has 3 heterocycles. The summed E-state index contributed by atoms with van der Waals surface area (Å²) in [6.07, 6.45) is 7.46. The number of rotatable bonds is 2. The second-order valence-corrected chi connectivity index (χ2v) is 15.6. The van der Waals surface area contributed by atoms with Crippen LogP contribution < -0.4 is 0 Å². The summed E-state index contributed by atoms with van der Waals surface area (Å²) in [6.45, 7) is 6.39. The van der Waals surface area contributed by atoms with Crippen LogP contribution in [0.3, 0.4) is 0 Å². The van der Waals surface area contributed by atoms with Gasteiger partial charge < -0.3 is 14.4 Å². The molecule has 0 spiro atoms. The van der Waals surface area contributed by atoms with E-state index in [0.717, 1.165) is 63.2 Å². The first-order valence-corrected chi connectivity index (χ1v) is 18.5. The average molecular weight is 891 g/mol. The molecule has 54 heavy (non-hydrogen) atoms. The van der Waals surface area contributed by atoms with Gasteiger partial charge in [-0.05, 0) is 98.7 Å². The molecule has 10 rings (SSSR count). The molecule has 0 unspecified atom stereocenters. The van der Waals surface area contributed by atoms with E-state index < -0.39 is 12.7 Å². The fraction of sp³-hybridized carbons (Fsp3) is 0.265. The van der Waals surface area contributed by atoms with Crippen molar-refractivity contribution in [2.75, 3.05) is 0 Å². The molecular formula is C49H43FIrN2O-2. The molecule has 0 bridgehead atoms. The van der Waals surface area contributed by atoms with E-state index >= 15 is 0 Å². The topological polar surface area (TPSA) is 38.9 Å². The van der Waals surface area contributed by atoms with Crippen LogP contribution in [-0.2, 0) is 30.9 Å². The van der Waals surface area contributed by atoms with Crippen molar-refractivity contribution in [2.45, 2.75) is 83.4 Å². The van der Waals surface area contributed by atoms with E-state index in [1.807, 2.05) is 30.3 Å². The Labute approximate surface area is 336 Å². The summed E-state index contributed by atoms with van der Waals surface area (Å²) in [5, 5.41) is 6.62. The second kappa shape index (κ2) is 13.9. The molecule has 5 aromatic carbocycles. The minimum atomic E-state index is -2.33. The third kappa shape index (κ3) is 5.88.